The maximum absolute atomic E-state index is 12.0. The lowest BCUT2D eigenvalue weighted by Crippen LogP contribution is -2.36. The van der Waals surface area contributed by atoms with E-state index in [4.69, 9.17) is 22.0 Å². The fourth-order valence-electron chi connectivity index (χ4n) is 1.18. The largest absolute Gasteiger partial charge is 0.396 e. The summed E-state index contributed by atoms with van der Waals surface area (Å²) in [5.74, 6) is 0. The highest BCUT2D eigenvalue weighted by atomic mass is 35.5. The Bertz CT molecular complexity index is 606. The molecule has 0 saturated heterocycles. The molecular formula is C12H15ClN2O3S. The van der Waals surface area contributed by atoms with E-state index in [0.29, 0.717) is 0 Å². The van der Waals surface area contributed by atoms with Gasteiger partial charge in [0.1, 0.15) is 6.07 Å². The maximum atomic E-state index is 12.0. The summed E-state index contributed by atoms with van der Waals surface area (Å²) >= 11 is 5.80. The Hall–Kier alpha value is -1.13. The van der Waals surface area contributed by atoms with Crippen molar-refractivity contribution in [1.29, 1.82) is 5.26 Å². The van der Waals surface area contributed by atoms with Crippen LogP contribution in [0.2, 0.25) is 5.02 Å². The average Bonchev–Trinajstić information content (AvgIpc) is 2.36. The number of rotatable bonds is 5. The molecule has 0 aromatic heterocycles. The minimum Gasteiger partial charge on any atom is -0.396 e. The van der Waals surface area contributed by atoms with Crippen molar-refractivity contribution in [2.24, 2.45) is 5.41 Å². The Balaban J connectivity index is 2.96. The quantitative estimate of drug-likeness (QED) is 0.862. The number of nitrogens with one attached hydrogen (secondary N) is 1. The van der Waals surface area contributed by atoms with Crippen molar-refractivity contribution >= 4 is 21.6 Å². The molecule has 2 N–H and O–H groups in total. The van der Waals surface area contributed by atoms with E-state index in [0.717, 1.165) is 0 Å². The summed E-state index contributed by atoms with van der Waals surface area (Å²) in [5, 5.41) is 17.9. The van der Waals surface area contributed by atoms with Crippen LogP contribution in [0.25, 0.3) is 0 Å². The van der Waals surface area contributed by atoms with E-state index >= 15 is 0 Å². The van der Waals surface area contributed by atoms with E-state index in [1.807, 2.05) is 6.07 Å². The molecule has 1 aromatic carbocycles. The van der Waals surface area contributed by atoms with Crippen molar-refractivity contribution in [2.45, 2.75) is 18.7 Å². The number of nitrogens with zero attached hydrogens (tertiary/aromatic N) is 1. The number of aliphatic hydroxyl groups excluding tert-OH is 1. The highest BCUT2D eigenvalue weighted by molar-refractivity contribution is 7.89. The molecule has 0 aliphatic carbocycles. The molecule has 104 valence electrons. The number of halogens is 1. The first kappa shape index (κ1) is 15.9. The fourth-order valence-corrected chi connectivity index (χ4v) is 2.74. The van der Waals surface area contributed by atoms with E-state index in [1.165, 1.54) is 18.2 Å². The molecule has 0 heterocycles. The van der Waals surface area contributed by atoms with Gasteiger partial charge in [-0.15, -0.1) is 0 Å². The normalized spacial score (nSPS) is 12.2. The zero-order chi connectivity index (χ0) is 14.7. The number of hydrogen-bond donors (Lipinski definition) is 2. The van der Waals surface area contributed by atoms with Crippen molar-refractivity contribution in [3.63, 3.8) is 0 Å². The molecule has 0 aliphatic heterocycles. The lowest BCUT2D eigenvalue weighted by molar-refractivity contribution is 0.163. The van der Waals surface area contributed by atoms with E-state index in [2.05, 4.69) is 4.72 Å². The number of aliphatic hydroxyl groups is 1. The summed E-state index contributed by atoms with van der Waals surface area (Å²) in [5.41, 5.74) is -0.333. The van der Waals surface area contributed by atoms with Gasteiger partial charge in [0, 0.05) is 18.6 Å². The molecule has 0 saturated carbocycles. The lowest BCUT2D eigenvalue weighted by atomic mass is 9.96. The van der Waals surface area contributed by atoms with Crippen molar-refractivity contribution in [2.75, 3.05) is 13.2 Å². The fraction of sp³-hybridized carbons (Fsp3) is 0.417. The molecule has 7 heteroatoms. The van der Waals surface area contributed by atoms with E-state index in [-0.39, 0.29) is 28.6 Å². The third-order valence-electron chi connectivity index (χ3n) is 2.54. The Labute approximate surface area is 117 Å². The van der Waals surface area contributed by atoms with Crippen LogP contribution in [0, 0.1) is 16.7 Å². The SMILES string of the molecule is CC(C)(CO)CNS(=O)(=O)c1ccc(C#N)c(Cl)c1. The van der Waals surface area contributed by atoms with Crippen LogP contribution in [-0.4, -0.2) is 26.7 Å². The van der Waals surface area contributed by atoms with E-state index in [9.17, 15) is 8.42 Å². The Morgan fingerprint density at radius 1 is 1.47 bits per heavy atom. The maximum Gasteiger partial charge on any atom is 0.240 e. The van der Waals surface area contributed by atoms with Gasteiger partial charge < -0.3 is 5.11 Å². The van der Waals surface area contributed by atoms with Crippen LogP contribution in [0.5, 0.6) is 0 Å². The zero-order valence-electron chi connectivity index (χ0n) is 10.6. The lowest BCUT2D eigenvalue weighted by Gasteiger charge is -2.21. The summed E-state index contributed by atoms with van der Waals surface area (Å²) < 4.78 is 26.4. The zero-order valence-corrected chi connectivity index (χ0v) is 12.2. The second-order valence-electron chi connectivity index (χ2n) is 4.90. The van der Waals surface area contributed by atoms with Crippen molar-refractivity contribution in [3.05, 3.63) is 28.8 Å². The Morgan fingerprint density at radius 3 is 2.58 bits per heavy atom. The van der Waals surface area contributed by atoms with Crippen molar-refractivity contribution in [1.82, 2.24) is 4.72 Å². The summed E-state index contributed by atoms with van der Waals surface area (Å²) in [6.07, 6.45) is 0. The summed E-state index contributed by atoms with van der Waals surface area (Å²) in [7, 11) is -3.71. The van der Waals surface area contributed by atoms with Gasteiger partial charge in [0.25, 0.3) is 0 Å². The van der Waals surface area contributed by atoms with Crippen LogP contribution in [0.15, 0.2) is 23.1 Å². The molecule has 0 atom stereocenters. The first-order valence-electron chi connectivity index (χ1n) is 5.52. The molecule has 0 fully saturated rings. The molecule has 0 radical (unpaired) electrons. The molecule has 5 nitrogen and oxygen atoms in total. The van der Waals surface area contributed by atoms with Crippen molar-refractivity contribution in [3.8, 4) is 6.07 Å². The van der Waals surface area contributed by atoms with Gasteiger partial charge in [-0.1, -0.05) is 25.4 Å². The Morgan fingerprint density at radius 2 is 2.11 bits per heavy atom. The number of nitriles is 1. The number of benzene rings is 1. The minimum absolute atomic E-state index is 0.00904. The van der Waals surface area contributed by atoms with Gasteiger partial charge in [0.15, 0.2) is 0 Å². The molecule has 0 amide bonds. The van der Waals surface area contributed by atoms with Gasteiger partial charge in [-0.3, -0.25) is 0 Å². The van der Waals surface area contributed by atoms with Crippen LogP contribution in [0.3, 0.4) is 0 Å². The Kier molecular flexibility index (Phi) is 4.93. The van der Waals surface area contributed by atoms with Crippen LogP contribution < -0.4 is 4.72 Å². The topological polar surface area (TPSA) is 90.2 Å². The minimum atomic E-state index is -3.71. The smallest absolute Gasteiger partial charge is 0.240 e. The predicted molar refractivity (Wildman–Crippen MR) is 72.2 cm³/mol. The van der Waals surface area contributed by atoms with Gasteiger partial charge in [0.05, 0.1) is 15.5 Å². The monoisotopic (exact) mass is 302 g/mol. The standard InChI is InChI=1S/C12H15ClN2O3S/c1-12(2,8-16)7-15-19(17,18)10-4-3-9(6-14)11(13)5-10/h3-5,15-16H,7-8H2,1-2H3. The van der Waals surface area contributed by atoms with Crippen LogP contribution in [0.4, 0.5) is 0 Å². The van der Waals surface area contributed by atoms with Gasteiger partial charge in [-0.2, -0.15) is 5.26 Å². The van der Waals surface area contributed by atoms with E-state index < -0.39 is 15.4 Å². The highest BCUT2D eigenvalue weighted by Gasteiger charge is 2.22. The predicted octanol–water partition coefficient (Wildman–Crippen LogP) is 1.51. The first-order valence-corrected chi connectivity index (χ1v) is 7.38. The molecule has 0 spiro atoms. The second kappa shape index (κ2) is 5.88. The third-order valence-corrected chi connectivity index (χ3v) is 4.25. The van der Waals surface area contributed by atoms with Crippen molar-refractivity contribution < 1.29 is 13.5 Å². The molecular weight excluding hydrogens is 288 g/mol. The van der Waals surface area contributed by atoms with Crippen LogP contribution in [-0.2, 0) is 10.0 Å². The highest BCUT2D eigenvalue weighted by Crippen LogP contribution is 2.21. The first-order chi connectivity index (χ1) is 8.72. The summed E-state index contributed by atoms with van der Waals surface area (Å²) in [6.45, 7) is 3.44. The number of sulfonamides is 1. The molecule has 1 rings (SSSR count). The molecule has 0 unspecified atom stereocenters. The van der Waals surface area contributed by atoms with Gasteiger partial charge in [0.2, 0.25) is 10.0 Å². The average molecular weight is 303 g/mol. The molecule has 0 aliphatic rings. The van der Waals surface area contributed by atoms with Gasteiger partial charge in [-0.25, -0.2) is 13.1 Å². The summed E-state index contributed by atoms with van der Waals surface area (Å²) in [4.78, 5) is -0.00904. The van der Waals surface area contributed by atoms with Crippen LogP contribution >= 0.6 is 11.6 Å². The molecule has 1 aromatic rings. The van der Waals surface area contributed by atoms with Gasteiger partial charge >= 0.3 is 0 Å². The van der Waals surface area contributed by atoms with Gasteiger partial charge in [-0.05, 0) is 18.2 Å². The summed E-state index contributed by atoms with van der Waals surface area (Å²) in [6, 6.07) is 5.76. The second-order valence-corrected chi connectivity index (χ2v) is 7.07. The van der Waals surface area contributed by atoms with E-state index in [1.54, 1.807) is 13.8 Å². The third kappa shape index (κ3) is 4.18. The number of hydrogen-bond acceptors (Lipinski definition) is 4. The molecule has 0 bridgehead atoms. The molecule has 19 heavy (non-hydrogen) atoms. The van der Waals surface area contributed by atoms with Crippen LogP contribution in [0.1, 0.15) is 19.4 Å².